The topological polar surface area (TPSA) is 109 Å². The second-order valence-electron chi connectivity index (χ2n) is 8.68. The summed E-state index contributed by atoms with van der Waals surface area (Å²) in [6.45, 7) is 6.18. The third-order valence-corrected chi connectivity index (χ3v) is 6.32. The molecule has 2 heterocycles. The van der Waals surface area contributed by atoms with Crippen LogP contribution in [-0.2, 0) is 13.0 Å². The zero-order valence-corrected chi connectivity index (χ0v) is 17.6. The van der Waals surface area contributed by atoms with Gasteiger partial charge < -0.3 is 27.2 Å². The lowest BCUT2D eigenvalue weighted by molar-refractivity contribution is 0.458. The number of nitrogens with two attached hydrogens (primary N) is 2. The molecular formula is C24H33N5O. The number of rotatable bonds is 8. The van der Waals surface area contributed by atoms with Crippen molar-refractivity contribution in [1.29, 1.82) is 0 Å². The van der Waals surface area contributed by atoms with Crippen LogP contribution in [0.3, 0.4) is 0 Å². The van der Waals surface area contributed by atoms with Crippen LogP contribution in [0.25, 0.3) is 11.3 Å². The van der Waals surface area contributed by atoms with Gasteiger partial charge in [-0.25, -0.2) is 4.98 Å². The van der Waals surface area contributed by atoms with Crippen LogP contribution in [0.1, 0.15) is 54.7 Å². The molecule has 2 fully saturated rings. The van der Waals surface area contributed by atoms with Crippen molar-refractivity contribution < 1.29 is 5.11 Å². The molecule has 1 unspecified atom stereocenters. The van der Waals surface area contributed by atoms with Crippen molar-refractivity contribution in [2.45, 2.75) is 51.0 Å². The minimum absolute atomic E-state index is 0.268. The van der Waals surface area contributed by atoms with Gasteiger partial charge in [0, 0.05) is 24.2 Å². The standard InChI is InChI=1S/C24H33N5O/c1-15(25)28-14-20-19(18-5-3-11-27-13-18)12-21(29-24(20)26)23-17(4-2-6-22(23)30)10-9-16-7-8-16/h2,4,6,12,16,18,27-28,30H,1,3,5,7-11,13-14,25H2,(H2,26,29). The lowest BCUT2D eigenvalue weighted by Gasteiger charge is -2.27. The Kier molecular flexibility index (Phi) is 6.13. The summed E-state index contributed by atoms with van der Waals surface area (Å²) >= 11 is 0. The number of aromatic hydroxyl groups is 1. The zero-order chi connectivity index (χ0) is 21.1. The van der Waals surface area contributed by atoms with E-state index in [9.17, 15) is 5.11 Å². The van der Waals surface area contributed by atoms with Gasteiger partial charge in [-0.2, -0.15) is 0 Å². The molecular weight excluding hydrogens is 374 g/mol. The summed E-state index contributed by atoms with van der Waals surface area (Å²) in [7, 11) is 0. The van der Waals surface area contributed by atoms with Gasteiger partial charge in [0.05, 0.1) is 11.5 Å². The molecule has 1 aliphatic carbocycles. The van der Waals surface area contributed by atoms with Gasteiger partial charge in [0.15, 0.2) is 0 Å². The monoisotopic (exact) mass is 407 g/mol. The SMILES string of the molecule is C=C(N)NCc1c(C2CCCNC2)cc(-c2c(O)cccc2CCC2CC2)nc1N. The van der Waals surface area contributed by atoms with Crippen LogP contribution in [0.4, 0.5) is 5.82 Å². The van der Waals surface area contributed by atoms with E-state index in [1.165, 1.54) is 18.4 Å². The summed E-state index contributed by atoms with van der Waals surface area (Å²) in [5.74, 6) is 2.35. The summed E-state index contributed by atoms with van der Waals surface area (Å²) in [5.41, 5.74) is 17.0. The van der Waals surface area contributed by atoms with Crippen molar-refractivity contribution in [3.63, 3.8) is 0 Å². The highest BCUT2D eigenvalue weighted by molar-refractivity contribution is 5.73. The molecule has 1 saturated carbocycles. The maximum atomic E-state index is 10.7. The zero-order valence-electron chi connectivity index (χ0n) is 17.6. The van der Waals surface area contributed by atoms with Crippen molar-refractivity contribution >= 4 is 5.82 Å². The fourth-order valence-corrected chi connectivity index (χ4v) is 4.47. The van der Waals surface area contributed by atoms with Gasteiger partial charge in [-0.05, 0) is 67.3 Å². The van der Waals surface area contributed by atoms with E-state index in [4.69, 9.17) is 16.5 Å². The minimum atomic E-state index is 0.268. The van der Waals surface area contributed by atoms with Gasteiger partial charge in [-0.15, -0.1) is 0 Å². The fraction of sp³-hybridized carbons (Fsp3) is 0.458. The fourth-order valence-electron chi connectivity index (χ4n) is 4.47. The molecule has 0 spiro atoms. The third-order valence-electron chi connectivity index (χ3n) is 6.32. The Morgan fingerprint density at radius 2 is 2.13 bits per heavy atom. The molecule has 0 radical (unpaired) electrons. The highest BCUT2D eigenvalue weighted by Gasteiger charge is 2.25. The first-order valence-electron chi connectivity index (χ1n) is 11.0. The van der Waals surface area contributed by atoms with E-state index in [-0.39, 0.29) is 5.75 Å². The largest absolute Gasteiger partial charge is 0.507 e. The molecule has 4 rings (SSSR count). The van der Waals surface area contributed by atoms with Crippen molar-refractivity contribution in [2.24, 2.45) is 11.7 Å². The Labute approximate surface area is 178 Å². The quantitative estimate of drug-likeness (QED) is 0.459. The highest BCUT2D eigenvalue weighted by Crippen LogP contribution is 2.39. The molecule has 2 aliphatic rings. The lowest BCUT2D eigenvalue weighted by atomic mass is 9.87. The number of nitrogens with one attached hydrogen (secondary N) is 2. The number of nitrogens with zero attached hydrogens (tertiary/aromatic N) is 1. The van der Waals surface area contributed by atoms with Crippen molar-refractivity contribution in [1.82, 2.24) is 15.6 Å². The highest BCUT2D eigenvalue weighted by atomic mass is 16.3. The van der Waals surface area contributed by atoms with Crippen LogP contribution < -0.4 is 22.1 Å². The predicted octanol–water partition coefficient (Wildman–Crippen LogP) is 3.37. The van der Waals surface area contributed by atoms with E-state index in [1.807, 2.05) is 6.07 Å². The first-order valence-corrected chi connectivity index (χ1v) is 11.0. The van der Waals surface area contributed by atoms with E-state index >= 15 is 0 Å². The van der Waals surface area contributed by atoms with Crippen LogP contribution in [0.5, 0.6) is 5.75 Å². The summed E-state index contributed by atoms with van der Waals surface area (Å²) in [6, 6.07) is 7.89. The van der Waals surface area contributed by atoms with Crippen molar-refractivity contribution in [3.05, 3.63) is 53.4 Å². The van der Waals surface area contributed by atoms with Gasteiger partial charge in [0.1, 0.15) is 11.6 Å². The number of hydrogen-bond acceptors (Lipinski definition) is 6. The van der Waals surface area contributed by atoms with Crippen LogP contribution >= 0.6 is 0 Å². The number of piperidine rings is 1. The molecule has 2 aromatic rings. The number of aryl methyl sites for hydroxylation is 1. The lowest BCUT2D eigenvalue weighted by Crippen LogP contribution is -2.30. The number of hydrogen-bond donors (Lipinski definition) is 5. The Balaban J connectivity index is 1.75. The van der Waals surface area contributed by atoms with Gasteiger partial charge in [0.2, 0.25) is 0 Å². The van der Waals surface area contributed by atoms with Crippen molar-refractivity contribution in [3.8, 4) is 17.0 Å². The normalized spacial score (nSPS) is 18.9. The molecule has 6 nitrogen and oxygen atoms in total. The molecule has 6 heteroatoms. The second-order valence-corrected chi connectivity index (χ2v) is 8.68. The average Bonchev–Trinajstić information content (AvgIpc) is 3.56. The number of anilines is 1. The van der Waals surface area contributed by atoms with Crippen molar-refractivity contribution in [2.75, 3.05) is 18.8 Å². The summed E-state index contributed by atoms with van der Waals surface area (Å²) in [4.78, 5) is 4.73. The molecule has 30 heavy (non-hydrogen) atoms. The third kappa shape index (κ3) is 4.70. The molecule has 1 aromatic carbocycles. The van der Waals surface area contributed by atoms with Crippen LogP contribution in [0, 0.1) is 5.92 Å². The van der Waals surface area contributed by atoms with E-state index in [1.54, 1.807) is 6.07 Å². The van der Waals surface area contributed by atoms with Crippen LogP contribution in [0.15, 0.2) is 36.7 Å². The average molecular weight is 408 g/mol. The summed E-state index contributed by atoms with van der Waals surface area (Å²) < 4.78 is 0. The molecule has 0 bridgehead atoms. The number of phenols is 1. The molecule has 0 amide bonds. The van der Waals surface area contributed by atoms with E-state index < -0.39 is 0 Å². The minimum Gasteiger partial charge on any atom is -0.507 e. The smallest absolute Gasteiger partial charge is 0.129 e. The van der Waals surface area contributed by atoms with Gasteiger partial charge >= 0.3 is 0 Å². The molecule has 1 aliphatic heterocycles. The van der Waals surface area contributed by atoms with Gasteiger partial charge in [0.25, 0.3) is 0 Å². The van der Waals surface area contributed by atoms with Crippen LogP contribution in [0.2, 0.25) is 0 Å². The maximum Gasteiger partial charge on any atom is 0.129 e. The summed E-state index contributed by atoms with van der Waals surface area (Å²) in [6.07, 6.45) is 6.99. The molecule has 1 aromatic heterocycles. The first-order chi connectivity index (χ1) is 14.5. The first kappa shape index (κ1) is 20.5. The second kappa shape index (κ2) is 8.96. The number of aromatic nitrogens is 1. The number of pyridine rings is 1. The Morgan fingerprint density at radius 1 is 1.30 bits per heavy atom. The van der Waals surface area contributed by atoms with E-state index in [0.717, 1.165) is 67.1 Å². The maximum absolute atomic E-state index is 10.7. The summed E-state index contributed by atoms with van der Waals surface area (Å²) in [5, 5.41) is 17.3. The Morgan fingerprint density at radius 3 is 2.83 bits per heavy atom. The molecule has 1 saturated heterocycles. The number of phenolic OH excluding ortho intramolecular Hbond substituents is 1. The Bertz CT molecular complexity index is 916. The Hall–Kier alpha value is -2.73. The molecule has 1 atom stereocenters. The van der Waals surface area contributed by atoms with Crippen LogP contribution in [-0.4, -0.2) is 23.2 Å². The number of benzene rings is 1. The predicted molar refractivity (Wildman–Crippen MR) is 122 cm³/mol. The van der Waals surface area contributed by atoms with E-state index in [0.29, 0.717) is 24.1 Å². The number of nitrogen functional groups attached to an aromatic ring is 1. The van der Waals surface area contributed by atoms with Gasteiger partial charge in [-0.1, -0.05) is 31.6 Å². The molecule has 7 N–H and O–H groups in total. The van der Waals surface area contributed by atoms with Gasteiger partial charge in [-0.3, -0.25) is 0 Å². The molecule has 160 valence electrons. The van der Waals surface area contributed by atoms with E-state index in [2.05, 4.69) is 29.3 Å².